The third-order valence-corrected chi connectivity index (χ3v) is 5.35. The van der Waals surface area contributed by atoms with Crippen molar-refractivity contribution in [1.82, 2.24) is 15.3 Å². The molecule has 0 aliphatic carbocycles. The lowest BCUT2D eigenvalue weighted by Crippen LogP contribution is -2.29. The number of nitro groups is 1. The molecule has 170 valence electrons. The predicted octanol–water partition coefficient (Wildman–Crippen LogP) is 4.33. The number of rotatable bonds is 6. The maximum Gasteiger partial charge on any atom is 0.320 e. The highest BCUT2D eigenvalue weighted by molar-refractivity contribution is 5.90. The Balaban J connectivity index is 1.57. The summed E-state index contributed by atoms with van der Waals surface area (Å²) in [4.78, 5) is 33.1. The first kappa shape index (κ1) is 22.1. The Labute approximate surface area is 187 Å². The van der Waals surface area contributed by atoms with Crippen molar-refractivity contribution in [3.8, 4) is 0 Å². The van der Waals surface area contributed by atoms with Crippen LogP contribution in [0, 0.1) is 21.7 Å². The Morgan fingerprint density at radius 1 is 1.18 bits per heavy atom. The molecule has 3 aromatic rings. The van der Waals surface area contributed by atoms with Gasteiger partial charge in [-0.25, -0.2) is 18.6 Å². The number of hydrogen-bond donors (Lipinski definition) is 2. The number of pyridine rings is 2. The van der Waals surface area contributed by atoms with Gasteiger partial charge in [-0.1, -0.05) is 0 Å². The van der Waals surface area contributed by atoms with Crippen LogP contribution in [0.25, 0.3) is 0 Å². The fourth-order valence-electron chi connectivity index (χ4n) is 3.81. The molecule has 11 heteroatoms. The predicted molar refractivity (Wildman–Crippen MR) is 117 cm³/mol. The molecule has 2 aromatic heterocycles. The third kappa shape index (κ3) is 5.03. The second-order valence-electron chi connectivity index (χ2n) is 7.47. The van der Waals surface area contributed by atoms with E-state index in [0.717, 1.165) is 23.8 Å². The van der Waals surface area contributed by atoms with Gasteiger partial charge in [0, 0.05) is 37.1 Å². The SMILES string of the molecule is O=C(NCc1ccncc1)Nc1nc(N2CCC[C@@H]2c2cc(F)ccc2F)ccc1[N+](=O)[O-]. The smallest absolute Gasteiger partial charge is 0.320 e. The van der Waals surface area contributed by atoms with E-state index in [0.29, 0.717) is 25.2 Å². The van der Waals surface area contributed by atoms with Gasteiger partial charge in [0.1, 0.15) is 17.5 Å². The number of carbonyl (C=O) groups is 1. The van der Waals surface area contributed by atoms with E-state index in [-0.39, 0.29) is 23.6 Å². The lowest BCUT2D eigenvalue weighted by atomic mass is 10.0. The molecule has 1 saturated heterocycles. The number of anilines is 2. The van der Waals surface area contributed by atoms with E-state index < -0.39 is 28.6 Å². The van der Waals surface area contributed by atoms with Crippen LogP contribution in [0.15, 0.2) is 54.9 Å². The van der Waals surface area contributed by atoms with Gasteiger partial charge in [0.15, 0.2) is 0 Å². The second-order valence-corrected chi connectivity index (χ2v) is 7.47. The quantitative estimate of drug-likeness (QED) is 0.424. The second kappa shape index (κ2) is 9.55. The first-order chi connectivity index (χ1) is 15.9. The standard InChI is InChI=1S/C22H20F2N6O3/c23-15-3-4-17(24)16(12-15)18-2-1-11-29(18)20-6-5-19(30(32)33)21(27-20)28-22(31)26-13-14-7-9-25-10-8-14/h3-10,12,18H,1-2,11,13H2,(H2,26,27,28,31)/t18-/m1/s1. The van der Waals surface area contributed by atoms with Crippen LogP contribution < -0.4 is 15.5 Å². The van der Waals surface area contributed by atoms with Crippen LogP contribution in [0.1, 0.15) is 30.0 Å². The zero-order valence-electron chi connectivity index (χ0n) is 17.4. The van der Waals surface area contributed by atoms with E-state index in [9.17, 15) is 23.7 Å². The molecule has 1 aliphatic heterocycles. The van der Waals surface area contributed by atoms with Gasteiger partial charge in [0.05, 0.1) is 11.0 Å². The number of halogens is 2. The molecule has 4 rings (SSSR count). The first-order valence-corrected chi connectivity index (χ1v) is 10.2. The fourth-order valence-corrected chi connectivity index (χ4v) is 3.81. The average molecular weight is 454 g/mol. The van der Waals surface area contributed by atoms with Crippen molar-refractivity contribution >= 4 is 23.4 Å². The molecule has 33 heavy (non-hydrogen) atoms. The normalized spacial score (nSPS) is 15.3. The largest absolute Gasteiger partial charge is 0.349 e. The van der Waals surface area contributed by atoms with Crippen molar-refractivity contribution in [2.75, 3.05) is 16.8 Å². The molecule has 0 spiro atoms. The molecule has 2 amide bonds. The summed E-state index contributed by atoms with van der Waals surface area (Å²) in [5, 5.41) is 16.5. The van der Waals surface area contributed by atoms with Crippen LogP contribution >= 0.6 is 0 Å². The number of hydrogen-bond acceptors (Lipinski definition) is 6. The number of nitrogens with one attached hydrogen (secondary N) is 2. The maximum absolute atomic E-state index is 14.4. The van der Waals surface area contributed by atoms with Crippen molar-refractivity contribution < 1.29 is 18.5 Å². The van der Waals surface area contributed by atoms with Crippen molar-refractivity contribution in [3.05, 3.63) is 87.7 Å². The highest BCUT2D eigenvalue weighted by Crippen LogP contribution is 2.38. The van der Waals surface area contributed by atoms with Gasteiger partial charge in [0.2, 0.25) is 5.82 Å². The Morgan fingerprint density at radius 3 is 2.73 bits per heavy atom. The Morgan fingerprint density at radius 2 is 1.97 bits per heavy atom. The number of nitrogens with zero attached hydrogens (tertiary/aromatic N) is 4. The Hall–Kier alpha value is -4.15. The minimum absolute atomic E-state index is 0.189. The molecule has 0 radical (unpaired) electrons. The number of urea groups is 1. The van der Waals surface area contributed by atoms with Gasteiger partial charge in [-0.05, 0) is 54.8 Å². The molecule has 2 N–H and O–H groups in total. The summed E-state index contributed by atoms with van der Waals surface area (Å²) in [7, 11) is 0. The van der Waals surface area contributed by atoms with Crippen molar-refractivity contribution in [2.24, 2.45) is 0 Å². The van der Waals surface area contributed by atoms with Crippen molar-refractivity contribution in [1.29, 1.82) is 0 Å². The summed E-state index contributed by atoms with van der Waals surface area (Å²) in [6.07, 6.45) is 4.43. The average Bonchev–Trinajstić information content (AvgIpc) is 3.29. The maximum atomic E-state index is 14.4. The third-order valence-electron chi connectivity index (χ3n) is 5.35. The molecular weight excluding hydrogens is 434 g/mol. The lowest BCUT2D eigenvalue weighted by molar-refractivity contribution is -0.384. The first-order valence-electron chi connectivity index (χ1n) is 10.2. The molecule has 1 atom stereocenters. The number of aromatic nitrogens is 2. The van der Waals surface area contributed by atoms with Crippen molar-refractivity contribution in [2.45, 2.75) is 25.4 Å². The van der Waals surface area contributed by atoms with Gasteiger partial charge in [-0.2, -0.15) is 0 Å². The van der Waals surface area contributed by atoms with E-state index in [1.165, 1.54) is 12.1 Å². The topological polar surface area (TPSA) is 113 Å². The minimum Gasteiger partial charge on any atom is -0.349 e. The molecule has 1 aromatic carbocycles. The van der Waals surface area contributed by atoms with E-state index in [1.54, 1.807) is 29.4 Å². The molecule has 1 aliphatic rings. The summed E-state index contributed by atoms with van der Waals surface area (Å²) in [5.41, 5.74) is 0.608. The number of amides is 2. The summed E-state index contributed by atoms with van der Waals surface area (Å²) < 4.78 is 28.1. The van der Waals surface area contributed by atoms with E-state index in [1.807, 2.05) is 0 Å². The van der Waals surface area contributed by atoms with Crippen LogP contribution in [0.4, 0.5) is 30.9 Å². The summed E-state index contributed by atoms with van der Waals surface area (Å²) >= 11 is 0. The highest BCUT2D eigenvalue weighted by Gasteiger charge is 2.31. The zero-order chi connectivity index (χ0) is 23.4. The minimum atomic E-state index is -0.672. The van der Waals surface area contributed by atoms with E-state index >= 15 is 0 Å². The van der Waals surface area contributed by atoms with E-state index in [2.05, 4.69) is 20.6 Å². The number of carbonyl (C=O) groups excluding carboxylic acids is 1. The molecule has 0 bridgehead atoms. The summed E-state index contributed by atoms with van der Waals surface area (Å²) in [6.45, 7) is 0.688. The van der Waals surface area contributed by atoms with Crippen LogP contribution in [0.3, 0.4) is 0 Å². The molecular formula is C22H20F2N6O3. The van der Waals surface area contributed by atoms with Gasteiger partial charge >= 0.3 is 11.7 Å². The molecule has 9 nitrogen and oxygen atoms in total. The Kier molecular flexibility index (Phi) is 6.38. The molecule has 1 fully saturated rings. The zero-order valence-corrected chi connectivity index (χ0v) is 17.4. The Bertz CT molecular complexity index is 1180. The van der Waals surface area contributed by atoms with Gasteiger partial charge in [-0.3, -0.25) is 20.4 Å². The van der Waals surface area contributed by atoms with Crippen LogP contribution in [0.2, 0.25) is 0 Å². The summed E-state index contributed by atoms with van der Waals surface area (Å²) in [5.74, 6) is -1.02. The van der Waals surface area contributed by atoms with Gasteiger partial charge < -0.3 is 10.2 Å². The van der Waals surface area contributed by atoms with Crippen LogP contribution in [-0.4, -0.2) is 27.5 Å². The van der Waals surface area contributed by atoms with Gasteiger partial charge in [0.25, 0.3) is 0 Å². The molecule has 0 unspecified atom stereocenters. The summed E-state index contributed by atoms with van der Waals surface area (Å²) in [6, 6.07) is 8.24. The van der Waals surface area contributed by atoms with Crippen molar-refractivity contribution in [3.63, 3.8) is 0 Å². The molecule has 0 saturated carbocycles. The highest BCUT2D eigenvalue weighted by atomic mass is 19.1. The molecule has 3 heterocycles. The fraction of sp³-hybridized carbons (Fsp3) is 0.227. The lowest BCUT2D eigenvalue weighted by Gasteiger charge is -2.26. The van der Waals surface area contributed by atoms with E-state index in [4.69, 9.17) is 0 Å². The van der Waals surface area contributed by atoms with Crippen LogP contribution in [0.5, 0.6) is 0 Å². The number of benzene rings is 1. The van der Waals surface area contributed by atoms with Gasteiger partial charge in [-0.15, -0.1) is 0 Å². The van der Waals surface area contributed by atoms with Crippen LogP contribution in [-0.2, 0) is 6.54 Å². The monoisotopic (exact) mass is 454 g/mol.